The van der Waals surface area contributed by atoms with Crippen LogP contribution >= 0.6 is 12.6 Å². The summed E-state index contributed by atoms with van der Waals surface area (Å²) in [5, 5.41) is 13.3. The lowest BCUT2D eigenvalue weighted by molar-refractivity contribution is -0.140. The Morgan fingerprint density at radius 2 is 1.75 bits per heavy atom. The van der Waals surface area contributed by atoms with Gasteiger partial charge in [-0.3, -0.25) is 19.2 Å². The number of hydrogen-bond donors (Lipinski definition) is 5. The molecule has 0 heterocycles. The van der Waals surface area contributed by atoms with E-state index in [0.29, 0.717) is 0 Å². The van der Waals surface area contributed by atoms with E-state index < -0.39 is 42.2 Å². The van der Waals surface area contributed by atoms with Gasteiger partial charge in [-0.2, -0.15) is 12.6 Å². The predicted octanol–water partition coefficient (Wildman–Crippen LogP) is -1.50. The minimum atomic E-state index is -1.32. The Hall–Kier alpha value is -1.77. The molecule has 0 rings (SSSR count). The summed E-state index contributed by atoms with van der Waals surface area (Å²) in [5.74, 6) is -3.68. The number of aliphatic carboxylic acids is 1. The summed E-state index contributed by atoms with van der Waals surface area (Å²) in [7, 11) is 0. The molecule has 3 amide bonds. The van der Waals surface area contributed by atoms with Gasteiger partial charge in [-0.15, -0.1) is 0 Å². The predicted molar refractivity (Wildman–Crippen MR) is 74.0 cm³/mol. The summed E-state index contributed by atoms with van der Waals surface area (Å²) in [4.78, 5) is 44.9. The van der Waals surface area contributed by atoms with E-state index in [-0.39, 0.29) is 11.7 Å². The molecular formula is C11H19N3O5S. The fourth-order valence-corrected chi connectivity index (χ4v) is 1.50. The van der Waals surface area contributed by atoms with Gasteiger partial charge in [0, 0.05) is 0 Å². The van der Waals surface area contributed by atoms with E-state index in [9.17, 15) is 19.2 Å². The Bertz CT molecular complexity index is 400. The Morgan fingerprint density at radius 3 is 2.10 bits per heavy atom. The van der Waals surface area contributed by atoms with Gasteiger partial charge in [0.2, 0.25) is 17.7 Å². The van der Waals surface area contributed by atoms with Crippen molar-refractivity contribution in [1.82, 2.24) is 10.6 Å². The van der Waals surface area contributed by atoms with Crippen molar-refractivity contribution in [2.45, 2.75) is 32.4 Å². The van der Waals surface area contributed by atoms with E-state index in [1.165, 1.54) is 0 Å². The molecule has 0 aromatic rings. The van der Waals surface area contributed by atoms with Crippen LogP contribution in [0.4, 0.5) is 0 Å². The van der Waals surface area contributed by atoms with Crippen LogP contribution in [0.5, 0.6) is 0 Å². The first-order valence-electron chi connectivity index (χ1n) is 5.90. The highest BCUT2D eigenvalue weighted by atomic mass is 32.1. The second-order valence-corrected chi connectivity index (χ2v) is 4.82. The second kappa shape index (κ2) is 8.41. The van der Waals surface area contributed by atoms with Crippen molar-refractivity contribution in [3.63, 3.8) is 0 Å². The van der Waals surface area contributed by atoms with Crippen molar-refractivity contribution in [3.8, 4) is 0 Å². The van der Waals surface area contributed by atoms with Crippen molar-refractivity contribution in [2.24, 2.45) is 11.7 Å². The van der Waals surface area contributed by atoms with Gasteiger partial charge in [-0.05, 0) is 5.92 Å². The fraction of sp³-hybridized carbons (Fsp3) is 0.636. The van der Waals surface area contributed by atoms with Gasteiger partial charge in [0.1, 0.15) is 12.1 Å². The van der Waals surface area contributed by atoms with E-state index in [1.807, 2.05) is 0 Å². The minimum absolute atomic E-state index is 0.0924. The molecule has 0 bridgehead atoms. The van der Waals surface area contributed by atoms with Crippen LogP contribution < -0.4 is 16.4 Å². The fourth-order valence-electron chi connectivity index (χ4n) is 1.41. The quantitative estimate of drug-likeness (QED) is 0.347. The lowest BCUT2D eigenvalue weighted by Gasteiger charge is -2.23. The van der Waals surface area contributed by atoms with Crippen molar-refractivity contribution >= 4 is 36.3 Å². The maximum absolute atomic E-state index is 12.0. The van der Waals surface area contributed by atoms with Crippen LogP contribution in [0.15, 0.2) is 0 Å². The molecule has 8 nitrogen and oxygen atoms in total. The van der Waals surface area contributed by atoms with E-state index >= 15 is 0 Å². The Balaban J connectivity index is 4.84. The molecule has 0 saturated heterocycles. The molecule has 0 aliphatic rings. The number of thiol groups is 1. The standard InChI is InChI=1S/C11H19N3O5S/c1-5(2)9(14-7(15)4-20)11(19)13-6(10(12)18)3-8(16)17/h5-6,9,20H,3-4H2,1-2H3,(H2,12,18)(H,13,19)(H,14,15)(H,16,17)/t6-,9-/m0/s1. The number of primary amides is 1. The first-order chi connectivity index (χ1) is 9.18. The number of hydrogen-bond acceptors (Lipinski definition) is 5. The van der Waals surface area contributed by atoms with Crippen molar-refractivity contribution < 1.29 is 24.3 Å². The van der Waals surface area contributed by atoms with E-state index in [0.717, 1.165) is 0 Å². The molecule has 0 aliphatic heterocycles. The number of amides is 3. The Morgan fingerprint density at radius 1 is 1.20 bits per heavy atom. The summed E-state index contributed by atoms with van der Waals surface area (Å²) in [6.45, 7) is 3.39. The zero-order valence-electron chi connectivity index (χ0n) is 11.3. The minimum Gasteiger partial charge on any atom is -0.481 e. The van der Waals surface area contributed by atoms with Crippen LogP contribution in [0.1, 0.15) is 20.3 Å². The third kappa shape index (κ3) is 6.41. The molecule has 0 aromatic carbocycles. The number of carboxylic acids is 1. The van der Waals surface area contributed by atoms with Crippen LogP contribution in [-0.4, -0.2) is 46.6 Å². The number of carboxylic acid groups (broad SMARTS) is 1. The van der Waals surface area contributed by atoms with Gasteiger partial charge in [0.05, 0.1) is 12.2 Å². The number of carbonyl (C=O) groups is 4. The summed E-state index contributed by atoms with van der Waals surface area (Å²) in [5.41, 5.74) is 5.02. The van der Waals surface area contributed by atoms with Gasteiger partial charge in [0.25, 0.3) is 0 Å². The average Bonchev–Trinajstić information content (AvgIpc) is 2.33. The highest BCUT2D eigenvalue weighted by Crippen LogP contribution is 2.03. The maximum atomic E-state index is 12.0. The molecule has 20 heavy (non-hydrogen) atoms. The first kappa shape index (κ1) is 18.2. The molecule has 0 spiro atoms. The Kier molecular flexibility index (Phi) is 7.67. The summed E-state index contributed by atoms with van der Waals surface area (Å²) in [6.07, 6.45) is -0.619. The van der Waals surface area contributed by atoms with Gasteiger partial charge >= 0.3 is 5.97 Å². The topological polar surface area (TPSA) is 139 Å². The average molecular weight is 305 g/mol. The van der Waals surface area contributed by atoms with Crippen LogP contribution in [0.2, 0.25) is 0 Å². The van der Waals surface area contributed by atoms with Crippen molar-refractivity contribution in [2.75, 3.05) is 5.75 Å². The molecule has 0 radical (unpaired) electrons. The number of carbonyl (C=O) groups excluding carboxylic acids is 3. The van der Waals surface area contributed by atoms with Crippen LogP contribution in [0.3, 0.4) is 0 Å². The molecule has 114 valence electrons. The summed E-state index contributed by atoms with van der Waals surface area (Å²) >= 11 is 3.78. The molecule has 2 atom stereocenters. The number of rotatable bonds is 8. The normalized spacial score (nSPS) is 13.4. The monoisotopic (exact) mass is 305 g/mol. The molecule has 0 unspecified atom stereocenters. The molecule has 0 saturated carbocycles. The van der Waals surface area contributed by atoms with Crippen LogP contribution in [0, 0.1) is 5.92 Å². The zero-order valence-corrected chi connectivity index (χ0v) is 12.1. The number of nitrogens with one attached hydrogen (secondary N) is 2. The van der Waals surface area contributed by atoms with Crippen LogP contribution in [0.25, 0.3) is 0 Å². The first-order valence-corrected chi connectivity index (χ1v) is 6.54. The molecule has 5 N–H and O–H groups in total. The third-order valence-electron chi connectivity index (χ3n) is 2.45. The van der Waals surface area contributed by atoms with Gasteiger partial charge in [-0.25, -0.2) is 0 Å². The van der Waals surface area contributed by atoms with Crippen molar-refractivity contribution in [3.05, 3.63) is 0 Å². The highest BCUT2D eigenvalue weighted by Gasteiger charge is 2.28. The smallest absolute Gasteiger partial charge is 0.305 e. The lowest BCUT2D eigenvalue weighted by atomic mass is 10.0. The lowest BCUT2D eigenvalue weighted by Crippen LogP contribution is -2.55. The summed E-state index contributed by atoms with van der Waals surface area (Å²) < 4.78 is 0. The van der Waals surface area contributed by atoms with Crippen molar-refractivity contribution in [1.29, 1.82) is 0 Å². The Labute approximate surface area is 121 Å². The zero-order chi connectivity index (χ0) is 15.9. The van der Waals surface area contributed by atoms with Gasteiger partial charge in [-0.1, -0.05) is 13.8 Å². The highest BCUT2D eigenvalue weighted by molar-refractivity contribution is 7.81. The number of nitrogens with two attached hydrogens (primary N) is 1. The summed E-state index contributed by atoms with van der Waals surface area (Å²) in [6, 6.07) is -2.22. The van der Waals surface area contributed by atoms with E-state index in [1.54, 1.807) is 13.8 Å². The third-order valence-corrected chi connectivity index (χ3v) is 2.74. The van der Waals surface area contributed by atoms with Crippen LogP contribution in [-0.2, 0) is 19.2 Å². The van der Waals surface area contributed by atoms with E-state index in [2.05, 4.69) is 23.3 Å². The maximum Gasteiger partial charge on any atom is 0.305 e. The van der Waals surface area contributed by atoms with Gasteiger partial charge in [0.15, 0.2) is 0 Å². The SMILES string of the molecule is CC(C)[C@H](NC(=O)CS)C(=O)N[C@@H](CC(=O)O)C(N)=O. The molecule has 0 fully saturated rings. The molecule has 9 heteroatoms. The molecular weight excluding hydrogens is 286 g/mol. The molecule has 0 aliphatic carbocycles. The van der Waals surface area contributed by atoms with Gasteiger partial charge < -0.3 is 21.5 Å². The molecule has 0 aromatic heterocycles. The van der Waals surface area contributed by atoms with E-state index in [4.69, 9.17) is 10.8 Å². The second-order valence-electron chi connectivity index (χ2n) is 4.51. The largest absolute Gasteiger partial charge is 0.481 e.